The maximum absolute atomic E-state index is 10.7. The van der Waals surface area contributed by atoms with Crippen molar-refractivity contribution in [2.75, 3.05) is 26.3 Å². The van der Waals surface area contributed by atoms with Crippen molar-refractivity contribution in [1.82, 2.24) is 14.7 Å². The predicted molar refractivity (Wildman–Crippen MR) is 78.6 cm³/mol. The van der Waals surface area contributed by atoms with Crippen molar-refractivity contribution in [2.24, 2.45) is 7.05 Å². The number of hydrogen-bond acceptors (Lipinski definition) is 4. The molecule has 5 heteroatoms. The van der Waals surface area contributed by atoms with Gasteiger partial charge in [-0.25, -0.2) is 0 Å². The van der Waals surface area contributed by atoms with Crippen LogP contribution in [0.25, 0.3) is 0 Å². The summed E-state index contributed by atoms with van der Waals surface area (Å²) in [4.78, 5) is 2.38. The molecule has 0 amide bonds. The molecule has 2 heterocycles. The van der Waals surface area contributed by atoms with Crippen LogP contribution in [-0.2, 0) is 18.2 Å². The van der Waals surface area contributed by atoms with E-state index in [1.807, 2.05) is 24.1 Å². The van der Waals surface area contributed by atoms with E-state index < -0.39 is 0 Å². The number of aryl methyl sites for hydroxylation is 2. The molecule has 2 unspecified atom stereocenters. The zero-order valence-electron chi connectivity index (χ0n) is 12.9. The Balaban J connectivity index is 1.94. The standard InChI is InChI=1S/C15H27N3O2/c1-4-15(2,18-7-9-20-10-8-18)14(19)6-5-13-11-16-17(3)12-13/h11-12,14,19H,4-10H2,1-3H3. The van der Waals surface area contributed by atoms with Crippen molar-refractivity contribution in [3.63, 3.8) is 0 Å². The molecule has 1 aromatic rings. The summed E-state index contributed by atoms with van der Waals surface area (Å²) in [6.07, 6.45) is 6.16. The Morgan fingerprint density at radius 2 is 2.15 bits per heavy atom. The third kappa shape index (κ3) is 3.40. The molecule has 0 aliphatic carbocycles. The van der Waals surface area contributed by atoms with E-state index >= 15 is 0 Å². The van der Waals surface area contributed by atoms with Gasteiger partial charge in [0.2, 0.25) is 0 Å². The van der Waals surface area contributed by atoms with Gasteiger partial charge in [0.15, 0.2) is 0 Å². The van der Waals surface area contributed by atoms with Gasteiger partial charge in [0.25, 0.3) is 0 Å². The summed E-state index contributed by atoms with van der Waals surface area (Å²) in [7, 11) is 1.92. The highest BCUT2D eigenvalue weighted by Gasteiger charge is 2.37. The maximum Gasteiger partial charge on any atom is 0.0724 e. The van der Waals surface area contributed by atoms with Crippen LogP contribution in [0.5, 0.6) is 0 Å². The zero-order valence-corrected chi connectivity index (χ0v) is 12.9. The van der Waals surface area contributed by atoms with Gasteiger partial charge in [0.05, 0.1) is 25.5 Å². The Kier molecular flexibility index (Phi) is 5.18. The van der Waals surface area contributed by atoms with E-state index in [9.17, 15) is 5.11 Å². The summed E-state index contributed by atoms with van der Waals surface area (Å²) in [5.74, 6) is 0. The third-order valence-electron chi connectivity index (χ3n) is 4.63. The molecule has 114 valence electrons. The monoisotopic (exact) mass is 281 g/mol. The van der Waals surface area contributed by atoms with Crippen molar-refractivity contribution < 1.29 is 9.84 Å². The quantitative estimate of drug-likeness (QED) is 0.851. The Bertz CT molecular complexity index is 415. The second-order valence-electron chi connectivity index (χ2n) is 5.89. The number of hydrogen-bond donors (Lipinski definition) is 1. The topological polar surface area (TPSA) is 50.5 Å². The van der Waals surface area contributed by atoms with Gasteiger partial charge in [0.1, 0.15) is 0 Å². The lowest BCUT2D eigenvalue weighted by molar-refractivity contribution is -0.0738. The lowest BCUT2D eigenvalue weighted by Crippen LogP contribution is -2.57. The molecule has 0 aromatic carbocycles. The van der Waals surface area contributed by atoms with Gasteiger partial charge >= 0.3 is 0 Å². The molecular weight excluding hydrogens is 254 g/mol. The maximum atomic E-state index is 10.7. The van der Waals surface area contributed by atoms with Gasteiger partial charge in [0, 0.05) is 31.9 Å². The van der Waals surface area contributed by atoms with Crippen LogP contribution < -0.4 is 0 Å². The normalized spacial score (nSPS) is 21.6. The highest BCUT2D eigenvalue weighted by Crippen LogP contribution is 2.27. The average molecular weight is 281 g/mol. The molecule has 1 aromatic heterocycles. The fourth-order valence-corrected chi connectivity index (χ4v) is 2.96. The molecule has 1 aliphatic rings. The Morgan fingerprint density at radius 3 is 2.70 bits per heavy atom. The van der Waals surface area contributed by atoms with Gasteiger partial charge in [-0.15, -0.1) is 0 Å². The Hall–Kier alpha value is -0.910. The highest BCUT2D eigenvalue weighted by molar-refractivity contribution is 5.05. The molecule has 0 saturated carbocycles. The minimum atomic E-state index is -0.328. The van der Waals surface area contributed by atoms with E-state index in [4.69, 9.17) is 4.74 Å². The molecule has 2 atom stereocenters. The summed E-state index contributed by atoms with van der Waals surface area (Å²) >= 11 is 0. The van der Waals surface area contributed by atoms with Crippen LogP contribution in [-0.4, -0.2) is 57.7 Å². The molecule has 1 saturated heterocycles. The molecular formula is C15H27N3O2. The third-order valence-corrected chi connectivity index (χ3v) is 4.63. The lowest BCUT2D eigenvalue weighted by Gasteiger charge is -2.46. The Labute approximate surface area is 121 Å². The van der Waals surface area contributed by atoms with Crippen LogP contribution in [0.1, 0.15) is 32.3 Å². The number of morpholine rings is 1. The minimum Gasteiger partial charge on any atom is -0.391 e. The molecule has 1 aliphatic heterocycles. The van der Waals surface area contributed by atoms with Gasteiger partial charge in [-0.3, -0.25) is 9.58 Å². The van der Waals surface area contributed by atoms with Crippen LogP contribution in [0, 0.1) is 0 Å². The summed E-state index contributed by atoms with van der Waals surface area (Å²) in [6, 6.07) is 0. The minimum absolute atomic E-state index is 0.161. The first-order valence-electron chi connectivity index (χ1n) is 7.54. The molecule has 0 radical (unpaired) electrons. The summed E-state index contributed by atoms with van der Waals surface area (Å²) in [5.41, 5.74) is 1.03. The van der Waals surface area contributed by atoms with Gasteiger partial charge < -0.3 is 9.84 Å². The number of aliphatic hydroxyl groups is 1. The number of nitrogens with zero attached hydrogens (tertiary/aromatic N) is 3. The smallest absolute Gasteiger partial charge is 0.0724 e. The van der Waals surface area contributed by atoms with Gasteiger partial charge in [-0.2, -0.15) is 5.10 Å². The number of ether oxygens (including phenoxy) is 1. The molecule has 0 spiro atoms. The van der Waals surface area contributed by atoms with E-state index in [0.29, 0.717) is 0 Å². The second-order valence-corrected chi connectivity index (χ2v) is 5.89. The predicted octanol–water partition coefficient (Wildman–Crippen LogP) is 1.21. The first kappa shape index (κ1) is 15.5. The molecule has 1 fully saturated rings. The SMILES string of the molecule is CCC(C)(C(O)CCc1cnn(C)c1)N1CCOCC1. The van der Waals surface area contributed by atoms with Crippen LogP contribution >= 0.6 is 0 Å². The zero-order chi connectivity index (χ0) is 14.6. The van der Waals surface area contributed by atoms with Crippen molar-refractivity contribution in [3.05, 3.63) is 18.0 Å². The van der Waals surface area contributed by atoms with Crippen LogP contribution in [0.4, 0.5) is 0 Å². The molecule has 0 bridgehead atoms. The fourth-order valence-electron chi connectivity index (χ4n) is 2.96. The van der Waals surface area contributed by atoms with Crippen LogP contribution in [0.15, 0.2) is 12.4 Å². The number of aromatic nitrogens is 2. The summed E-state index contributed by atoms with van der Waals surface area (Å²) < 4.78 is 7.23. The van der Waals surface area contributed by atoms with Crippen LogP contribution in [0.3, 0.4) is 0 Å². The van der Waals surface area contributed by atoms with Crippen LogP contribution in [0.2, 0.25) is 0 Å². The molecule has 5 nitrogen and oxygen atoms in total. The number of rotatable bonds is 6. The first-order valence-corrected chi connectivity index (χ1v) is 7.54. The van der Waals surface area contributed by atoms with Gasteiger partial charge in [-0.05, 0) is 31.7 Å². The molecule has 1 N–H and O–H groups in total. The van der Waals surface area contributed by atoms with Crippen molar-refractivity contribution in [2.45, 2.75) is 44.8 Å². The largest absolute Gasteiger partial charge is 0.391 e. The van der Waals surface area contributed by atoms with E-state index in [2.05, 4.69) is 23.8 Å². The van der Waals surface area contributed by atoms with Crippen molar-refractivity contribution in [3.8, 4) is 0 Å². The average Bonchev–Trinajstić information content (AvgIpc) is 2.90. The van der Waals surface area contributed by atoms with Crippen molar-refractivity contribution in [1.29, 1.82) is 0 Å². The van der Waals surface area contributed by atoms with E-state index in [0.717, 1.165) is 45.6 Å². The second kappa shape index (κ2) is 6.70. The van der Waals surface area contributed by atoms with E-state index in [-0.39, 0.29) is 11.6 Å². The van der Waals surface area contributed by atoms with E-state index in [1.165, 1.54) is 5.56 Å². The summed E-state index contributed by atoms with van der Waals surface area (Å²) in [6.45, 7) is 7.69. The summed E-state index contributed by atoms with van der Waals surface area (Å²) in [5, 5.41) is 14.9. The molecule has 20 heavy (non-hydrogen) atoms. The van der Waals surface area contributed by atoms with Crippen molar-refractivity contribution >= 4 is 0 Å². The Morgan fingerprint density at radius 1 is 1.45 bits per heavy atom. The highest BCUT2D eigenvalue weighted by atomic mass is 16.5. The number of aliphatic hydroxyl groups excluding tert-OH is 1. The van der Waals surface area contributed by atoms with Gasteiger partial charge in [-0.1, -0.05) is 6.92 Å². The first-order chi connectivity index (χ1) is 9.56. The molecule has 2 rings (SSSR count). The lowest BCUT2D eigenvalue weighted by atomic mass is 9.86. The van der Waals surface area contributed by atoms with E-state index in [1.54, 1.807) is 0 Å². The fraction of sp³-hybridized carbons (Fsp3) is 0.800.